The Kier molecular flexibility index (Phi) is 5.50. The summed E-state index contributed by atoms with van der Waals surface area (Å²) in [5.41, 5.74) is 3.89. The zero-order chi connectivity index (χ0) is 26.8. The van der Waals surface area contributed by atoms with Gasteiger partial charge in [0.2, 0.25) is 5.91 Å². The van der Waals surface area contributed by atoms with Crippen molar-refractivity contribution in [3.8, 4) is 5.75 Å². The fraction of sp³-hybridized carbons (Fsp3) is 0.310. The number of carbonyl (C=O) groups excluding carboxylic acids is 1. The van der Waals surface area contributed by atoms with E-state index in [1.165, 1.54) is 9.36 Å². The normalized spacial score (nSPS) is 19.7. The quantitative estimate of drug-likeness (QED) is 0.380. The van der Waals surface area contributed by atoms with Crippen LogP contribution in [0.4, 0.5) is 11.4 Å². The van der Waals surface area contributed by atoms with Crippen LogP contribution < -0.4 is 15.3 Å². The van der Waals surface area contributed by atoms with Crippen LogP contribution in [0, 0.1) is 0 Å². The van der Waals surface area contributed by atoms with Gasteiger partial charge in [0, 0.05) is 17.8 Å². The van der Waals surface area contributed by atoms with Crippen molar-refractivity contribution < 1.29 is 9.53 Å². The summed E-state index contributed by atoms with van der Waals surface area (Å²) in [7, 11) is 1.56. The Hall–Kier alpha value is -3.91. The van der Waals surface area contributed by atoms with E-state index in [1.807, 2.05) is 61.5 Å². The molecule has 6 rings (SSSR count). The lowest BCUT2D eigenvalue weighted by Gasteiger charge is -2.34. The molecule has 0 aliphatic carbocycles. The maximum absolute atomic E-state index is 14.3. The molecule has 8 nitrogen and oxygen atoms in total. The first-order valence-corrected chi connectivity index (χ1v) is 13.0. The van der Waals surface area contributed by atoms with Crippen LogP contribution in [0.25, 0.3) is 0 Å². The van der Waals surface area contributed by atoms with E-state index >= 15 is 0 Å². The summed E-state index contributed by atoms with van der Waals surface area (Å²) in [6.45, 7) is 6.45. The number of aromatic nitrogens is 4. The number of nitrogens with zero attached hydrogens (tertiary/aromatic N) is 5. The number of aryl methyl sites for hydroxylation is 2. The zero-order valence-corrected chi connectivity index (χ0v) is 22.5. The molecule has 1 amide bonds. The fourth-order valence-electron chi connectivity index (χ4n) is 5.43. The highest BCUT2D eigenvalue weighted by atomic mass is 35.5. The van der Waals surface area contributed by atoms with Gasteiger partial charge in [-0.1, -0.05) is 35.9 Å². The fourth-order valence-corrected chi connectivity index (χ4v) is 5.60. The second-order valence-electron chi connectivity index (χ2n) is 10.8. The molecule has 0 fully saturated rings. The lowest BCUT2D eigenvalue weighted by Crippen LogP contribution is -2.37. The summed E-state index contributed by atoms with van der Waals surface area (Å²) in [5.74, 6) is 0.824. The number of hydrogen-bond donors (Lipinski definition) is 0. The van der Waals surface area contributed by atoms with E-state index in [0.717, 1.165) is 52.2 Å². The topological polar surface area (TPSA) is 82.2 Å². The first-order chi connectivity index (χ1) is 18.1. The number of rotatable bonds is 4. The van der Waals surface area contributed by atoms with Crippen LogP contribution >= 0.6 is 11.6 Å². The van der Waals surface area contributed by atoms with Crippen LogP contribution in [-0.4, -0.2) is 31.3 Å². The van der Waals surface area contributed by atoms with Crippen LogP contribution in [0.2, 0.25) is 5.02 Å². The summed E-state index contributed by atoms with van der Waals surface area (Å²) in [6.07, 6.45) is 1.80. The van der Waals surface area contributed by atoms with Crippen LogP contribution in [0.1, 0.15) is 49.4 Å². The highest BCUT2D eigenvalue weighted by molar-refractivity contribution is 6.31. The van der Waals surface area contributed by atoms with Crippen molar-refractivity contribution in [1.29, 1.82) is 0 Å². The van der Waals surface area contributed by atoms with E-state index in [1.54, 1.807) is 11.9 Å². The van der Waals surface area contributed by atoms with Crippen molar-refractivity contribution >= 4 is 28.9 Å². The third-order valence-corrected chi connectivity index (χ3v) is 7.93. The summed E-state index contributed by atoms with van der Waals surface area (Å²) in [4.78, 5) is 28.1. The van der Waals surface area contributed by atoms with Crippen molar-refractivity contribution in [1.82, 2.24) is 19.8 Å². The highest BCUT2D eigenvalue weighted by Crippen LogP contribution is 2.50. The standard InChI is InChI=1S/C29H28ClN5O3/c1-28(2)14-13-19-15-20(7-12-25(19)38-28)29(3)23-16-21(30)8-11-24(23)35(26(29)36)22-9-5-18(6-10-22)17-34-27(37)33(4)31-32-34/h5-12,15-16H,13-14,17H2,1-4H3. The number of fused-ring (bicyclic) bond motifs is 2. The Balaban J connectivity index is 1.38. The molecule has 4 aromatic rings. The molecule has 0 radical (unpaired) electrons. The number of hydrogen-bond acceptors (Lipinski definition) is 5. The molecular formula is C29H28ClN5O3. The van der Waals surface area contributed by atoms with Crippen molar-refractivity contribution in [2.75, 3.05) is 4.90 Å². The Bertz CT molecular complexity index is 1640. The predicted octanol–water partition coefficient (Wildman–Crippen LogP) is 4.77. The second kappa shape index (κ2) is 8.56. The Morgan fingerprint density at radius 1 is 0.974 bits per heavy atom. The molecule has 194 valence electrons. The van der Waals surface area contributed by atoms with Crippen LogP contribution in [0.15, 0.2) is 65.5 Å². The van der Waals surface area contributed by atoms with Gasteiger partial charge in [0.25, 0.3) is 0 Å². The maximum atomic E-state index is 14.3. The molecule has 3 heterocycles. The van der Waals surface area contributed by atoms with Gasteiger partial charge in [-0.05, 0) is 103 Å². The van der Waals surface area contributed by atoms with E-state index in [9.17, 15) is 9.59 Å². The monoisotopic (exact) mass is 529 g/mol. The van der Waals surface area contributed by atoms with Crippen molar-refractivity contribution in [2.24, 2.45) is 7.05 Å². The van der Waals surface area contributed by atoms with E-state index in [2.05, 4.69) is 30.3 Å². The number of tetrazole rings is 1. The zero-order valence-electron chi connectivity index (χ0n) is 21.7. The minimum atomic E-state index is -0.923. The number of amides is 1. The molecule has 38 heavy (non-hydrogen) atoms. The van der Waals surface area contributed by atoms with E-state index in [0.29, 0.717) is 11.6 Å². The van der Waals surface area contributed by atoms with E-state index in [-0.39, 0.29) is 17.2 Å². The largest absolute Gasteiger partial charge is 0.488 e. The van der Waals surface area contributed by atoms with Gasteiger partial charge in [-0.15, -0.1) is 0 Å². The molecule has 1 atom stereocenters. The summed E-state index contributed by atoms with van der Waals surface area (Å²) in [6, 6.07) is 19.3. The SMILES string of the molecule is Cn1nnn(Cc2ccc(N3C(=O)C(C)(c4ccc5c(c4)CCC(C)(C)O5)c4cc(Cl)ccc43)cc2)c1=O. The van der Waals surface area contributed by atoms with Gasteiger partial charge in [0.05, 0.1) is 17.6 Å². The minimum Gasteiger partial charge on any atom is -0.488 e. The molecule has 0 saturated carbocycles. The van der Waals surface area contributed by atoms with Gasteiger partial charge >= 0.3 is 5.69 Å². The molecule has 2 aliphatic heterocycles. The lowest BCUT2D eigenvalue weighted by molar-refractivity contribution is -0.120. The Labute approximate surface area is 225 Å². The van der Waals surface area contributed by atoms with Crippen LogP contribution in [0.5, 0.6) is 5.75 Å². The summed E-state index contributed by atoms with van der Waals surface area (Å²) in [5, 5.41) is 8.22. The number of ether oxygens (including phenoxy) is 1. The predicted molar refractivity (Wildman–Crippen MR) is 145 cm³/mol. The molecule has 3 aromatic carbocycles. The molecule has 9 heteroatoms. The lowest BCUT2D eigenvalue weighted by atomic mass is 9.76. The minimum absolute atomic E-state index is 0.0512. The Morgan fingerprint density at radius 3 is 2.45 bits per heavy atom. The number of benzene rings is 3. The summed E-state index contributed by atoms with van der Waals surface area (Å²) >= 11 is 6.45. The van der Waals surface area contributed by atoms with Crippen LogP contribution in [-0.2, 0) is 30.2 Å². The molecular weight excluding hydrogens is 502 g/mol. The first kappa shape index (κ1) is 24.4. The first-order valence-electron chi connectivity index (χ1n) is 12.6. The number of anilines is 2. The molecule has 0 spiro atoms. The average Bonchev–Trinajstić information content (AvgIpc) is 3.32. The second-order valence-corrected chi connectivity index (χ2v) is 11.3. The van der Waals surface area contributed by atoms with Gasteiger partial charge in [0.15, 0.2) is 0 Å². The molecule has 0 saturated heterocycles. The maximum Gasteiger partial charge on any atom is 0.363 e. The number of carbonyl (C=O) groups is 1. The van der Waals surface area contributed by atoms with Crippen molar-refractivity contribution in [3.05, 3.63) is 98.4 Å². The van der Waals surface area contributed by atoms with Gasteiger partial charge in [0.1, 0.15) is 11.4 Å². The molecule has 0 N–H and O–H groups in total. The van der Waals surface area contributed by atoms with Gasteiger partial charge in [-0.25, -0.2) is 4.79 Å². The van der Waals surface area contributed by atoms with E-state index in [4.69, 9.17) is 16.3 Å². The molecule has 1 unspecified atom stereocenters. The number of halogens is 1. The van der Waals surface area contributed by atoms with Crippen molar-refractivity contribution in [2.45, 2.75) is 51.2 Å². The third-order valence-electron chi connectivity index (χ3n) is 7.70. The smallest absolute Gasteiger partial charge is 0.363 e. The van der Waals surface area contributed by atoms with E-state index < -0.39 is 5.41 Å². The molecule has 1 aromatic heterocycles. The molecule has 2 aliphatic rings. The average molecular weight is 530 g/mol. The summed E-state index contributed by atoms with van der Waals surface area (Å²) < 4.78 is 8.68. The van der Waals surface area contributed by atoms with Crippen molar-refractivity contribution in [3.63, 3.8) is 0 Å². The van der Waals surface area contributed by atoms with Gasteiger partial charge in [-0.2, -0.15) is 9.36 Å². The third kappa shape index (κ3) is 3.82. The van der Waals surface area contributed by atoms with Crippen LogP contribution in [0.3, 0.4) is 0 Å². The molecule has 0 bridgehead atoms. The van der Waals surface area contributed by atoms with Gasteiger partial charge in [-0.3, -0.25) is 9.69 Å². The Morgan fingerprint density at radius 2 is 1.74 bits per heavy atom. The van der Waals surface area contributed by atoms with Gasteiger partial charge < -0.3 is 4.74 Å². The highest BCUT2D eigenvalue weighted by Gasteiger charge is 2.49.